The minimum Gasteiger partial charge on any atom is -0.490 e. The van der Waals surface area contributed by atoms with Gasteiger partial charge >= 0.3 is 0 Å². The van der Waals surface area contributed by atoms with Crippen LogP contribution < -0.4 is 9.47 Å². The Kier molecular flexibility index (Phi) is 6.27. The minimum atomic E-state index is 0.449. The monoisotopic (exact) mass is 355 g/mol. The van der Waals surface area contributed by atoms with Crippen molar-refractivity contribution >= 4 is 11.6 Å². The lowest BCUT2D eigenvalue weighted by atomic mass is 10.0. The molecule has 0 bridgehead atoms. The van der Waals surface area contributed by atoms with Gasteiger partial charge in [-0.2, -0.15) is 5.26 Å². The molecule has 0 radical (unpaired) electrons. The van der Waals surface area contributed by atoms with E-state index in [1.165, 1.54) is 5.56 Å². The van der Waals surface area contributed by atoms with E-state index < -0.39 is 0 Å². The molecule has 0 fully saturated rings. The lowest BCUT2D eigenvalue weighted by Crippen LogP contribution is -2.08. The summed E-state index contributed by atoms with van der Waals surface area (Å²) in [6.07, 6.45) is 1.87. The van der Waals surface area contributed by atoms with Crippen LogP contribution in [0.1, 0.15) is 16.7 Å². The molecular formula is C24H21NO2. The van der Waals surface area contributed by atoms with E-state index in [9.17, 15) is 5.26 Å². The summed E-state index contributed by atoms with van der Waals surface area (Å²) in [7, 11) is 0. The Bertz CT molecular complexity index is 938. The van der Waals surface area contributed by atoms with Gasteiger partial charge in [-0.1, -0.05) is 60.2 Å². The van der Waals surface area contributed by atoms with Gasteiger partial charge in [0.2, 0.25) is 0 Å². The van der Waals surface area contributed by atoms with Gasteiger partial charge < -0.3 is 9.47 Å². The van der Waals surface area contributed by atoms with E-state index in [1.807, 2.05) is 91.9 Å². The molecule has 0 aliphatic carbocycles. The van der Waals surface area contributed by atoms with Crippen molar-refractivity contribution in [2.75, 3.05) is 13.2 Å². The molecule has 0 amide bonds. The van der Waals surface area contributed by atoms with Crippen LogP contribution in [0, 0.1) is 18.3 Å². The van der Waals surface area contributed by atoms with Crippen molar-refractivity contribution in [3.63, 3.8) is 0 Å². The van der Waals surface area contributed by atoms with E-state index in [0.29, 0.717) is 18.8 Å². The second-order valence-corrected chi connectivity index (χ2v) is 6.12. The number of nitrogens with zero attached hydrogens (tertiary/aromatic N) is 1. The number of allylic oxidation sites excluding steroid dienone is 1. The first-order chi connectivity index (χ1) is 13.2. The van der Waals surface area contributed by atoms with Crippen LogP contribution in [0.2, 0.25) is 0 Å². The molecule has 0 spiro atoms. The predicted molar refractivity (Wildman–Crippen MR) is 109 cm³/mol. The maximum atomic E-state index is 9.44. The van der Waals surface area contributed by atoms with Gasteiger partial charge in [0, 0.05) is 0 Å². The van der Waals surface area contributed by atoms with Crippen LogP contribution in [0.5, 0.6) is 11.5 Å². The van der Waals surface area contributed by atoms with E-state index >= 15 is 0 Å². The minimum absolute atomic E-state index is 0.449. The summed E-state index contributed by atoms with van der Waals surface area (Å²) in [5.74, 6) is 1.59. The maximum Gasteiger partial charge on any atom is 0.122 e. The summed E-state index contributed by atoms with van der Waals surface area (Å²) < 4.78 is 11.4. The molecule has 27 heavy (non-hydrogen) atoms. The largest absolute Gasteiger partial charge is 0.490 e. The standard InChI is InChI=1S/C24H21NO2/c1-19-10-12-23(13-11-19)26-14-15-27-24-9-5-6-20(17-24)16-22(18-25)21-7-3-2-4-8-21/h2-13,16-17H,14-15H2,1H3/b22-16+. The predicted octanol–water partition coefficient (Wildman–Crippen LogP) is 5.52. The van der Waals surface area contributed by atoms with Crippen molar-refractivity contribution in [3.8, 4) is 17.6 Å². The quantitative estimate of drug-likeness (QED) is 0.318. The molecule has 0 atom stereocenters. The third-order valence-electron chi connectivity index (χ3n) is 4.02. The highest BCUT2D eigenvalue weighted by atomic mass is 16.5. The number of benzene rings is 3. The second-order valence-electron chi connectivity index (χ2n) is 6.12. The summed E-state index contributed by atoms with van der Waals surface area (Å²) in [5.41, 5.74) is 3.65. The lowest BCUT2D eigenvalue weighted by molar-refractivity contribution is 0.217. The zero-order chi connectivity index (χ0) is 18.9. The van der Waals surface area contributed by atoms with Crippen LogP contribution in [0.25, 0.3) is 11.6 Å². The van der Waals surface area contributed by atoms with Crippen LogP contribution in [0.3, 0.4) is 0 Å². The maximum absolute atomic E-state index is 9.44. The fourth-order valence-corrected chi connectivity index (χ4v) is 2.61. The number of hydrogen-bond donors (Lipinski definition) is 0. The van der Waals surface area contributed by atoms with Crippen LogP contribution >= 0.6 is 0 Å². The normalized spacial score (nSPS) is 10.9. The number of ether oxygens (including phenoxy) is 2. The second kappa shape index (κ2) is 9.26. The molecule has 0 aromatic heterocycles. The van der Waals surface area contributed by atoms with Crippen LogP contribution in [-0.2, 0) is 0 Å². The molecule has 0 heterocycles. The van der Waals surface area contributed by atoms with E-state index in [0.717, 1.165) is 22.6 Å². The summed E-state index contributed by atoms with van der Waals surface area (Å²) >= 11 is 0. The van der Waals surface area contributed by atoms with E-state index in [4.69, 9.17) is 9.47 Å². The molecule has 134 valence electrons. The summed E-state index contributed by atoms with van der Waals surface area (Å²) in [6.45, 7) is 2.96. The molecule has 0 aliphatic rings. The van der Waals surface area contributed by atoms with Crippen molar-refractivity contribution in [1.82, 2.24) is 0 Å². The first kappa shape index (κ1) is 18.3. The van der Waals surface area contributed by atoms with Gasteiger partial charge in [0.1, 0.15) is 24.7 Å². The zero-order valence-corrected chi connectivity index (χ0v) is 15.3. The Morgan fingerprint density at radius 3 is 2.26 bits per heavy atom. The topological polar surface area (TPSA) is 42.2 Å². The number of rotatable bonds is 7. The Morgan fingerprint density at radius 2 is 1.56 bits per heavy atom. The molecule has 3 rings (SSSR count). The number of nitriles is 1. The number of aryl methyl sites for hydroxylation is 1. The zero-order valence-electron chi connectivity index (χ0n) is 15.3. The average Bonchev–Trinajstić information content (AvgIpc) is 2.72. The Labute approximate surface area is 160 Å². The van der Waals surface area contributed by atoms with E-state index in [-0.39, 0.29) is 0 Å². The van der Waals surface area contributed by atoms with Crippen LogP contribution in [0.4, 0.5) is 0 Å². The lowest BCUT2D eigenvalue weighted by Gasteiger charge is -2.09. The van der Waals surface area contributed by atoms with Gasteiger partial charge in [0.25, 0.3) is 0 Å². The van der Waals surface area contributed by atoms with E-state index in [2.05, 4.69) is 6.07 Å². The average molecular weight is 355 g/mol. The molecule has 3 aromatic rings. The van der Waals surface area contributed by atoms with Crippen molar-refractivity contribution in [3.05, 3.63) is 95.6 Å². The molecule has 0 N–H and O–H groups in total. The highest BCUT2D eigenvalue weighted by Gasteiger charge is 2.02. The SMILES string of the molecule is Cc1ccc(OCCOc2cccc(/C=C(\C#N)c3ccccc3)c2)cc1. The van der Waals surface area contributed by atoms with Crippen molar-refractivity contribution in [1.29, 1.82) is 5.26 Å². The first-order valence-electron chi connectivity index (χ1n) is 8.84. The molecule has 3 nitrogen and oxygen atoms in total. The molecule has 0 saturated heterocycles. The highest BCUT2D eigenvalue weighted by Crippen LogP contribution is 2.20. The molecule has 0 unspecified atom stereocenters. The van der Waals surface area contributed by atoms with Crippen molar-refractivity contribution in [2.24, 2.45) is 0 Å². The van der Waals surface area contributed by atoms with Gasteiger partial charge in [-0.3, -0.25) is 0 Å². The fraction of sp³-hybridized carbons (Fsp3) is 0.125. The number of hydrogen-bond acceptors (Lipinski definition) is 3. The Balaban J connectivity index is 1.59. The summed E-state index contributed by atoms with van der Waals surface area (Å²) in [5, 5.41) is 9.44. The van der Waals surface area contributed by atoms with Gasteiger partial charge in [-0.05, 0) is 48.4 Å². The Hall–Kier alpha value is -3.51. The van der Waals surface area contributed by atoms with Gasteiger partial charge in [0.05, 0.1) is 11.6 Å². The summed E-state index contributed by atoms with van der Waals surface area (Å²) in [6, 6.07) is 27.5. The van der Waals surface area contributed by atoms with Gasteiger partial charge in [-0.25, -0.2) is 0 Å². The van der Waals surface area contributed by atoms with Gasteiger partial charge in [0.15, 0.2) is 0 Å². The third-order valence-corrected chi connectivity index (χ3v) is 4.02. The molecule has 0 saturated carbocycles. The third kappa shape index (κ3) is 5.49. The van der Waals surface area contributed by atoms with Crippen molar-refractivity contribution in [2.45, 2.75) is 6.92 Å². The molecule has 3 aromatic carbocycles. The summed E-state index contributed by atoms with van der Waals surface area (Å²) in [4.78, 5) is 0. The van der Waals surface area contributed by atoms with Gasteiger partial charge in [-0.15, -0.1) is 0 Å². The molecule has 3 heteroatoms. The Morgan fingerprint density at radius 1 is 0.852 bits per heavy atom. The molecular weight excluding hydrogens is 334 g/mol. The fourth-order valence-electron chi connectivity index (χ4n) is 2.61. The van der Waals surface area contributed by atoms with Crippen molar-refractivity contribution < 1.29 is 9.47 Å². The van der Waals surface area contributed by atoms with E-state index in [1.54, 1.807) is 0 Å². The van der Waals surface area contributed by atoms with Crippen LogP contribution in [-0.4, -0.2) is 13.2 Å². The first-order valence-corrected chi connectivity index (χ1v) is 8.84. The highest BCUT2D eigenvalue weighted by molar-refractivity contribution is 5.89. The molecule has 0 aliphatic heterocycles. The smallest absolute Gasteiger partial charge is 0.122 e. The van der Waals surface area contributed by atoms with Crippen LogP contribution in [0.15, 0.2) is 78.9 Å².